The first-order chi connectivity index (χ1) is 17.4. The third kappa shape index (κ3) is 6.51. The summed E-state index contributed by atoms with van der Waals surface area (Å²) in [4.78, 5) is 38.4. The molecule has 3 rings (SSSR count). The van der Waals surface area contributed by atoms with Crippen molar-refractivity contribution in [2.45, 2.75) is 20.5 Å². The molecule has 36 heavy (non-hydrogen) atoms. The Morgan fingerprint density at radius 3 is 2.39 bits per heavy atom. The molecular weight excluding hydrogens is 482 g/mol. The topological polar surface area (TPSA) is 100 Å². The summed E-state index contributed by atoms with van der Waals surface area (Å²) in [6.45, 7) is 3.52. The van der Waals surface area contributed by atoms with Gasteiger partial charge in [0.2, 0.25) is 5.91 Å². The summed E-state index contributed by atoms with van der Waals surface area (Å²) in [5.74, 6) is -0.572. The summed E-state index contributed by atoms with van der Waals surface area (Å²) in [6, 6.07) is 14.4. The van der Waals surface area contributed by atoms with E-state index < -0.39 is 17.8 Å². The van der Waals surface area contributed by atoms with Crippen LogP contribution in [0.5, 0.6) is 11.5 Å². The first-order valence-electron chi connectivity index (χ1n) is 11.1. The Balaban J connectivity index is 1.83. The van der Waals surface area contributed by atoms with Gasteiger partial charge < -0.3 is 24.3 Å². The molecule has 0 spiro atoms. The number of methoxy groups -OCH3 is 2. The molecule has 0 atom stereocenters. The molecule has 2 aromatic carbocycles. The first kappa shape index (κ1) is 26.5. The second-order valence-corrected chi connectivity index (χ2v) is 8.49. The van der Waals surface area contributed by atoms with E-state index in [9.17, 15) is 14.4 Å². The molecule has 0 bridgehead atoms. The lowest BCUT2D eigenvalue weighted by atomic mass is 10.1. The Morgan fingerprint density at radius 2 is 1.72 bits per heavy atom. The maximum Gasteiger partial charge on any atom is 0.349 e. The number of hydrogen-bond donors (Lipinski definition) is 1. The molecular formula is C27H27NO7S. The number of nitrogens with one attached hydrogen (secondary N) is 1. The van der Waals surface area contributed by atoms with Crippen molar-refractivity contribution in [1.82, 2.24) is 0 Å². The lowest BCUT2D eigenvalue weighted by Gasteiger charge is -2.07. The summed E-state index contributed by atoms with van der Waals surface area (Å²) < 4.78 is 21.1. The number of thiophene rings is 1. The fraction of sp³-hybridized carbons (Fsp3) is 0.222. The zero-order chi connectivity index (χ0) is 26.1. The number of benzene rings is 2. The number of carbonyl (C=O) groups is 3. The molecule has 1 N–H and O–H groups in total. The molecule has 0 aliphatic heterocycles. The van der Waals surface area contributed by atoms with Gasteiger partial charge in [-0.25, -0.2) is 9.59 Å². The molecule has 9 heteroatoms. The van der Waals surface area contributed by atoms with E-state index >= 15 is 0 Å². The van der Waals surface area contributed by atoms with Crippen LogP contribution in [0.25, 0.3) is 6.08 Å². The second-order valence-electron chi connectivity index (χ2n) is 7.47. The highest BCUT2D eigenvalue weighted by Crippen LogP contribution is 2.34. The fourth-order valence-corrected chi connectivity index (χ4v) is 4.41. The van der Waals surface area contributed by atoms with Gasteiger partial charge in [0.15, 0.2) is 0 Å². The molecule has 8 nitrogen and oxygen atoms in total. The Morgan fingerprint density at radius 1 is 0.972 bits per heavy atom. The minimum atomic E-state index is -0.637. The molecule has 0 unspecified atom stereocenters. The van der Waals surface area contributed by atoms with E-state index in [-0.39, 0.29) is 28.7 Å². The van der Waals surface area contributed by atoms with Gasteiger partial charge >= 0.3 is 11.9 Å². The quantitative estimate of drug-likeness (QED) is 0.294. The minimum Gasteiger partial charge on any atom is -0.497 e. The van der Waals surface area contributed by atoms with Gasteiger partial charge in [-0.15, -0.1) is 11.3 Å². The van der Waals surface area contributed by atoms with E-state index in [0.29, 0.717) is 22.6 Å². The monoisotopic (exact) mass is 509 g/mol. The molecule has 0 fully saturated rings. The van der Waals surface area contributed by atoms with E-state index in [0.717, 1.165) is 16.9 Å². The molecule has 1 amide bonds. The van der Waals surface area contributed by atoms with Crippen LogP contribution in [0.15, 0.2) is 54.6 Å². The first-order valence-corrected chi connectivity index (χ1v) is 11.9. The van der Waals surface area contributed by atoms with Gasteiger partial charge in [0.1, 0.15) is 28.0 Å². The van der Waals surface area contributed by atoms with Crippen molar-refractivity contribution in [2.75, 3.05) is 26.1 Å². The molecule has 0 saturated carbocycles. The normalized spacial score (nSPS) is 10.7. The Kier molecular flexibility index (Phi) is 9.24. The van der Waals surface area contributed by atoms with Crippen LogP contribution in [-0.4, -0.2) is 38.7 Å². The van der Waals surface area contributed by atoms with E-state index in [4.69, 9.17) is 18.9 Å². The van der Waals surface area contributed by atoms with Crippen molar-refractivity contribution in [1.29, 1.82) is 0 Å². The van der Waals surface area contributed by atoms with E-state index in [1.165, 1.54) is 13.2 Å². The average molecular weight is 510 g/mol. The number of hydrogen-bond acceptors (Lipinski definition) is 8. The summed E-state index contributed by atoms with van der Waals surface area (Å²) in [5, 5.41) is 2.89. The number of carbonyl (C=O) groups excluding carboxylic acids is 3. The van der Waals surface area contributed by atoms with Crippen LogP contribution in [0.3, 0.4) is 0 Å². The molecule has 0 aliphatic carbocycles. The molecule has 1 aromatic heterocycles. The zero-order valence-electron chi connectivity index (χ0n) is 20.5. The highest BCUT2D eigenvalue weighted by atomic mass is 32.1. The zero-order valence-corrected chi connectivity index (χ0v) is 21.3. The number of anilines is 1. The Labute approximate surface area is 213 Å². The molecule has 3 aromatic rings. The van der Waals surface area contributed by atoms with E-state index in [2.05, 4.69) is 5.32 Å². The summed E-state index contributed by atoms with van der Waals surface area (Å²) in [7, 11) is 3.07. The second kappa shape index (κ2) is 12.6. The van der Waals surface area contributed by atoms with Crippen molar-refractivity contribution in [2.24, 2.45) is 0 Å². The van der Waals surface area contributed by atoms with Gasteiger partial charge in [-0.05, 0) is 49.2 Å². The van der Waals surface area contributed by atoms with Gasteiger partial charge in [-0.3, -0.25) is 4.79 Å². The van der Waals surface area contributed by atoms with Crippen LogP contribution in [0.2, 0.25) is 0 Å². The van der Waals surface area contributed by atoms with Crippen molar-refractivity contribution < 1.29 is 33.3 Å². The predicted octanol–water partition coefficient (Wildman–Crippen LogP) is 5.26. The third-order valence-electron chi connectivity index (χ3n) is 5.11. The van der Waals surface area contributed by atoms with Crippen LogP contribution in [0.1, 0.15) is 43.6 Å². The molecule has 0 radical (unpaired) electrons. The third-order valence-corrected chi connectivity index (χ3v) is 6.30. The molecule has 0 saturated heterocycles. The van der Waals surface area contributed by atoms with Crippen LogP contribution < -0.4 is 14.8 Å². The lowest BCUT2D eigenvalue weighted by Crippen LogP contribution is -2.13. The number of ether oxygens (including phenoxy) is 4. The van der Waals surface area contributed by atoms with E-state index in [1.54, 1.807) is 45.2 Å². The van der Waals surface area contributed by atoms with Crippen molar-refractivity contribution >= 4 is 40.3 Å². The predicted molar refractivity (Wildman–Crippen MR) is 138 cm³/mol. The van der Waals surface area contributed by atoms with E-state index in [1.807, 2.05) is 30.3 Å². The van der Waals surface area contributed by atoms with Gasteiger partial charge in [0.25, 0.3) is 0 Å². The van der Waals surface area contributed by atoms with Gasteiger partial charge in [-0.2, -0.15) is 0 Å². The van der Waals surface area contributed by atoms with Gasteiger partial charge in [-0.1, -0.05) is 30.3 Å². The maximum absolute atomic E-state index is 12.8. The van der Waals surface area contributed by atoms with Crippen molar-refractivity contribution in [3.8, 4) is 11.5 Å². The average Bonchev–Trinajstić information content (AvgIpc) is 3.21. The fourth-order valence-electron chi connectivity index (χ4n) is 3.32. The Bertz CT molecular complexity index is 1260. The summed E-state index contributed by atoms with van der Waals surface area (Å²) in [6.07, 6.45) is 2.87. The van der Waals surface area contributed by atoms with Crippen LogP contribution in [0, 0.1) is 6.92 Å². The lowest BCUT2D eigenvalue weighted by molar-refractivity contribution is -0.111. The number of amides is 1. The number of rotatable bonds is 10. The molecule has 1 heterocycles. The minimum absolute atomic E-state index is 0.0819. The van der Waals surface area contributed by atoms with Crippen LogP contribution in [-0.2, 0) is 20.9 Å². The highest BCUT2D eigenvalue weighted by molar-refractivity contribution is 7.18. The standard InChI is InChI=1S/C27H27NO7S/c1-5-34-26(30)23-17(2)24(27(31)35-16-18-9-7-6-8-10-18)36-25(23)28-22(29)14-11-19-15-20(32-3)12-13-21(19)33-4/h6-15H,5,16H2,1-4H3,(H,28,29)/b14-11+. The summed E-state index contributed by atoms with van der Waals surface area (Å²) in [5.41, 5.74) is 1.96. The highest BCUT2D eigenvalue weighted by Gasteiger charge is 2.27. The van der Waals surface area contributed by atoms with Crippen molar-refractivity contribution in [3.05, 3.63) is 81.7 Å². The largest absolute Gasteiger partial charge is 0.497 e. The molecule has 0 aliphatic rings. The molecule has 188 valence electrons. The summed E-state index contributed by atoms with van der Waals surface area (Å²) >= 11 is 0.961. The van der Waals surface area contributed by atoms with Gasteiger partial charge in [0.05, 0.1) is 26.4 Å². The smallest absolute Gasteiger partial charge is 0.349 e. The maximum atomic E-state index is 12.8. The van der Waals surface area contributed by atoms with Gasteiger partial charge in [0, 0.05) is 11.6 Å². The van der Waals surface area contributed by atoms with Crippen LogP contribution >= 0.6 is 11.3 Å². The number of esters is 2. The van der Waals surface area contributed by atoms with Crippen molar-refractivity contribution in [3.63, 3.8) is 0 Å². The SMILES string of the molecule is CCOC(=O)c1c(NC(=O)/C=C/c2cc(OC)ccc2OC)sc(C(=O)OCc2ccccc2)c1C. The Hall–Kier alpha value is -4.11. The van der Waals surface area contributed by atoms with Crippen LogP contribution in [0.4, 0.5) is 5.00 Å².